The van der Waals surface area contributed by atoms with Crippen molar-refractivity contribution in [2.45, 2.75) is 24.8 Å². The maximum atomic E-state index is 13.5. The largest absolute Gasteiger partial charge is 0.342 e. The van der Waals surface area contributed by atoms with Gasteiger partial charge in [0.05, 0.1) is 22.0 Å². The number of aromatic amines is 1. The molecule has 0 bridgehead atoms. The van der Waals surface area contributed by atoms with Crippen LogP contribution in [0.2, 0.25) is 0 Å². The number of anilines is 1. The third-order valence-corrected chi connectivity index (χ3v) is 6.61. The third kappa shape index (κ3) is 4.91. The molecule has 0 unspecified atom stereocenters. The van der Waals surface area contributed by atoms with Crippen molar-refractivity contribution in [2.24, 2.45) is 5.92 Å². The molecule has 10 heteroatoms. The summed E-state index contributed by atoms with van der Waals surface area (Å²) in [4.78, 5) is 20.4. The summed E-state index contributed by atoms with van der Waals surface area (Å²) in [5.41, 5.74) is 1.95. The topological polar surface area (TPSA) is 104 Å². The zero-order chi connectivity index (χ0) is 24.5. The number of halogens is 2. The van der Waals surface area contributed by atoms with Crippen LogP contribution in [0.4, 0.5) is 14.5 Å². The first-order chi connectivity index (χ1) is 16.1. The van der Waals surface area contributed by atoms with Gasteiger partial charge in [0.25, 0.3) is 15.9 Å². The Morgan fingerprint density at radius 2 is 1.74 bits per heavy atom. The summed E-state index contributed by atoms with van der Waals surface area (Å²) in [7, 11) is -4.19. The van der Waals surface area contributed by atoms with E-state index >= 15 is 0 Å². The molecule has 1 atom stereocenters. The Morgan fingerprint density at radius 3 is 2.44 bits per heavy atom. The molecule has 34 heavy (non-hydrogen) atoms. The second kappa shape index (κ2) is 9.22. The molecule has 0 aliphatic rings. The van der Waals surface area contributed by atoms with E-state index < -0.39 is 38.5 Å². The number of nitrogens with one attached hydrogen (secondary N) is 3. The maximum absolute atomic E-state index is 13.5. The Kier molecular flexibility index (Phi) is 6.34. The number of H-pyrrole nitrogens is 1. The first-order valence-corrected chi connectivity index (χ1v) is 12.0. The quantitative estimate of drug-likeness (QED) is 0.352. The van der Waals surface area contributed by atoms with Gasteiger partial charge < -0.3 is 10.3 Å². The fraction of sp³-hybridized carbons (Fsp3) is 0.167. The first kappa shape index (κ1) is 23.4. The van der Waals surface area contributed by atoms with Crippen LogP contribution in [-0.4, -0.2) is 24.3 Å². The summed E-state index contributed by atoms with van der Waals surface area (Å²) < 4.78 is 54.1. The highest BCUT2D eigenvalue weighted by molar-refractivity contribution is 7.92. The normalized spacial score (nSPS) is 12.6. The Morgan fingerprint density at radius 1 is 0.971 bits per heavy atom. The van der Waals surface area contributed by atoms with Crippen LogP contribution < -0.4 is 10.0 Å². The first-order valence-electron chi connectivity index (χ1n) is 10.5. The van der Waals surface area contributed by atoms with Gasteiger partial charge in [0.15, 0.2) is 11.6 Å². The molecular formula is C24H22F2N4O3S. The number of carbonyl (C=O) groups is 1. The molecule has 1 amide bonds. The summed E-state index contributed by atoms with van der Waals surface area (Å²) in [5, 5.41) is 2.94. The fourth-order valence-electron chi connectivity index (χ4n) is 3.48. The molecule has 4 rings (SSSR count). The van der Waals surface area contributed by atoms with Crippen LogP contribution in [0.1, 0.15) is 36.1 Å². The zero-order valence-corrected chi connectivity index (χ0v) is 19.2. The minimum absolute atomic E-state index is 0.0135. The van der Waals surface area contributed by atoms with E-state index in [-0.39, 0.29) is 17.2 Å². The molecule has 0 saturated heterocycles. The third-order valence-electron chi connectivity index (χ3n) is 5.23. The molecule has 0 aliphatic heterocycles. The van der Waals surface area contributed by atoms with Crippen molar-refractivity contribution in [3.63, 3.8) is 0 Å². The molecule has 4 aromatic rings. The predicted octanol–water partition coefficient (Wildman–Crippen LogP) is 4.77. The number of sulfonamides is 1. The van der Waals surface area contributed by atoms with E-state index in [4.69, 9.17) is 0 Å². The monoisotopic (exact) mass is 484 g/mol. The number of carbonyl (C=O) groups excluding carboxylic acids is 1. The molecule has 3 aromatic carbocycles. The minimum atomic E-state index is -4.19. The molecule has 3 N–H and O–H groups in total. The summed E-state index contributed by atoms with van der Waals surface area (Å²) in [5.74, 6) is -2.23. The zero-order valence-electron chi connectivity index (χ0n) is 18.3. The van der Waals surface area contributed by atoms with Crippen LogP contribution in [-0.2, 0) is 10.0 Å². The van der Waals surface area contributed by atoms with Gasteiger partial charge in [-0.1, -0.05) is 32.0 Å². The Balaban J connectivity index is 1.55. The van der Waals surface area contributed by atoms with E-state index in [2.05, 4.69) is 20.0 Å². The SMILES string of the molecule is CC(C)[C@@H](NC(=O)c1cccc(NS(=O)(=O)c2ccc(F)c(F)c2)c1)c1nc2ccccc2[nH]1. The number of benzene rings is 3. The lowest BCUT2D eigenvalue weighted by Crippen LogP contribution is -2.32. The van der Waals surface area contributed by atoms with Gasteiger partial charge in [-0.2, -0.15) is 0 Å². The maximum Gasteiger partial charge on any atom is 0.261 e. The number of rotatable bonds is 7. The fourth-order valence-corrected chi connectivity index (χ4v) is 4.54. The smallest absolute Gasteiger partial charge is 0.261 e. The number of fused-ring (bicyclic) bond motifs is 1. The van der Waals surface area contributed by atoms with Crippen LogP contribution in [0, 0.1) is 17.6 Å². The number of aromatic nitrogens is 2. The Labute approximate surface area is 195 Å². The lowest BCUT2D eigenvalue weighted by molar-refractivity contribution is 0.0923. The molecule has 1 aromatic heterocycles. The molecule has 0 spiro atoms. The van der Waals surface area contributed by atoms with Crippen molar-refractivity contribution in [2.75, 3.05) is 4.72 Å². The van der Waals surface area contributed by atoms with E-state index in [1.54, 1.807) is 6.07 Å². The number of amides is 1. The van der Waals surface area contributed by atoms with Crippen LogP contribution in [0.5, 0.6) is 0 Å². The van der Waals surface area contributed by atoms with Crippen molar-refractivity contribution < 1.29 is 22.0 Å². The molecule has 176 valence electrons. The Hall–Kier alpha value is -3.79. The number of nitrogens with zero attached hydrogens (tertiary/aromatic N) is 1. The van der Waals surface area contributed by atoms with Crippen molar-refractivity contribution >= 4 is 32.7 Å². The van der Waals surface area contributed by atoms with Gasteiger partial charge in [0.2, 0.25) is 0 Å². The van der Waals surface area contributed by atoms with E-state index in [0.717, 1.165) is 23.2 Å². The van der Waals surface area contributed by atoms with E-state index in [0.29, 0.717) is 11.9 Å². The summed E-state index contributed by atoms with van der Waals surface area (Å²) in [6.45, 7) is 3.90. The van der Waals surface area contributed by atoms with Crippen molar-refractivity contribution in [1.29, 1.82) is 0 Å². The lowest BCUT2D eigenvalue weighted by Gasteiger charge is -2.20. The molecule has 0 fully saturated rings. The van der Waals surface area contributed by atoms with Gasteiger partial charge in [-0.25, -0.2) is 22.2 Å². The van der Waals surface area contributed by atoms with Gasteiger partial charge in [-0.05, 0) is 54.4 Å². The number of hydrogen-bond donors (Lipinski definition) is 3. The highest BCUT2D eigenvalue weighted by Gasteiger charge is 2.23. The highest BCUT2D eigenvalue weighted by Crippen LogP contribution is 2.24. The van der Waals surface area contributed by atoms with Gasteiger partial charge in [-0.15, -0.1) is 0 Å². The number of imidazole rings is 1. The molecule has 0 saturated carbocycles. The highest BCUT2D eigenvalue weighted by atomic mass is 32.2. The van der Waals surface area contributed by atoms with Crippen LogP contribution in [0.15, 0.2) is 71.6 Å². The average molecular weight is 485 g/mol. The van der Waals surface area contributed by atoms with Gasteiger partial charge in [0.1, 0.15) is 5.82 Å². The standard InChI is InChI=1S/C24H22F2N4O3S/c1-14(2)22(23-27-20-8-3-4-9-21(20)28-23)29-24(31)15-6-5-7-16(12-15)30-34(32,33)17-10-11-18(25)19(26)13-17/h3-14,22,30H,1-2H3,(H,27,28)(H,29,31)/t22-/m1/s1. The summed E-state index contributed by atoms with van der Waals surface area (Å²) in [6, 6.07) is 15.3. The average Bonchev–Trinajstić information content (AvgIpc) is 3.22. The van der Waals surface area contributed by atoms with Crippen LogP contribution in [0.25, 0.3) is 11.0 Å². The second-order valence-corrected chi connectivity index (χ2v) is 9.78. The molecule has 7 nitrogen and oxygen atoms in total. The Bertz CT molecular complexity index is 1440. The van der Waals surface area contributed by atoms with Crippen molar-refractivity contribution in [1.82, 2.24) is 15.3 Å². The lowest BCUT2D eigenvalue weighted by atomic mass is 10.0. The predicted molar refractivity (Wildman–Crippen MR) is 125 cm³/mol. The van der Waals surface area contributed by atoms with Gasteiger partial charge in [-0.3, -0.25) is 9.52 Å². The minimum Gasteiger partial charge on any atom is -0.342 e. The second-order valence-electron chi connectivity index (χ2n) is 8.10. The van der Waals surface area contributed by atoms with Gasteiger partial charge >= 0.3 is 0 Å². The van der Waals surface area contributed by atoms with Crippen LogP contribution >= 0.6 is 0 Å². The van der Waals surface area contributed by atoms with Gasteiger partial charge in [0, 0.05) is 11.3 Å². The summed E-state index contributed by atoms with van der Waals surface area (Å²) in [6.07, 6.45) is 0. The van der Waals surface area contributed by atoms with E-state index in [1.807, 2.05) is 38.1 Å². The molecule has 0 radical (unpaired) electrons. The number of hydrogen-bond acceptors (Lipinski definition) is 4. The summed E-state index contributed by atoms with van der Waals surface area (Å²) >= 11 is 0. The molecule has 0 aliphatic carbocycles. The van der Waals surface area contributed by atoms with Crippen molar-refractivity contribution in [3.8, 4) is 0 Å². The van der Waals surface area contributed by atoms with Crippen LogP contribution in [0.3, 0.4) is 0 Å². The molecular weight excluding hydrogens is 462 g/mol. The molecule has 1 heterocycles. The van der Waals surface area contributed by atoms with Crippen molar-refractivity contribution in [3.05, 3.63) is 89.8 Å². The number of para-hydroxylation sites is 2. The van der Waals surface area contributed by atoms with E-state index in [1.165, 1.54) is 18.2 Å². The van der Waals surface area contributed by atoms with E-state index in [9.17, 15) is 22.0 Å².